The molecule has 0 fully saturated rings. The first-order valence-electron chi connectivity index (χ1n) is 15.2. The second-order valence-corrected chi connectivity index (χ2v) is 11.5. The van der Waals surface area contributed by atoms with Gasteiger partial charge in [-0.25, -0.2) is 9.98 Å². The van der Waals surface area contributed by atoms with Crippen LogP contribution in [0.25, 0.3) is 54.6 Å². The summed E-state index contributed by atoms with van der Waals surface area (Å²) in [5.41, 5.74) is 7.08. The number of benzene rings is 7. The van der Waals surface area contributed by atoms with Crippen LogP contribution in [0.1, 0.15) is 22.9 Å². The molecule has 0 saturated carbocycles. The normalized spacial score (nSPS) is 14.9. The van der Waals surface area contributed by atoms with Gasteiger partial charge in [-0.15, -0.1) is 0 Å². The van der Waals surface area contributed by atoms with Crippen LogP contribution in [0.3, 0.4) is 0 Å². The molecule has 0 aliphatic carbocycles. The number of para-hydroxylation sites is 1. The maximum absolute atomic E-state index is 6.19. The Morgan fingerprint density at radius 3 is 2.18 bits per heavy atom. The first-order valence-corrected chi connectivity index (χ1v) is 15.2. The number of amidine groups is 2. The lowest BCUT2D eigenvalue weighted by Crippen LogP contribution is -2.33. The summed E-state index contributed by atoms with van der Waals surface area (Å²) in [7, 11) is 0. The van der Waals surface area contributed by atoms with E-state index in [0.717, 1.165) is 55.6 Å². The van der Waals surface area contributed by atoms with Crippen LogP contribution in [0, 0.1) is 0 Å². The van der Waals surface area contributed by atoms with Gasteiger partial charge in [0.25, 0.3) is 0 Å². The monoisotopic (exact) mass is 577 g/mol. The van der Waals surface area contributed by atoms with Crippen LogP contribution in [-0.2, 0) is 0 Å². The van der Waals surface area contributed by atoms with Crippen molar-refractivity contribution in [1.82, 2.24) is 5.32 Å². The number of rotatable bonds is 4. The van der Waals surface area contributed by atoms with E-state index in [9.17, 15) is 0 Å². The van der Waals surface area contributed by atoms with E-state index < -0.39 is 0 Å². The van der Waals surface area contributed by atoms with Crippen molar-refractivity contribution in [2.24, 2.45) is 9.98 Å². The van der Waals surface area contributed by atoms with Crippen LogP contribution >= 0.6 is 0 Å². The number of aliphatic imine (C=N–C) groups is 2. The van der Waals surface area contributed by atoms with Crippen molar-refractivity contribution in [2.45, 2.75) is 6.17 Å². The van der Waals surface area contributed by atoms with Crippen LogP contribution in [-0.4, -0.2) is 11.7 Å². The molecule has 9 rings (SSSR count). The molecule has 1 aliphatic heterocycles. The summed E-state index contributed by atoms with van der Waals surface area (Å²) in [5.74, 6) is 1.50. The maximum atomic E-state index is 6.19. The zero-order valence-electron chi connectivity index (χ0n) is 24.3. The Bertz CT molecular complexity index is 2470. The lowest BCUT2D eigenvalue weighted by Gasteiger charge is -2.24. The van der Waals surface area contributed by atoms with E-state index in [1.807, 2.05) is 24.3 Å². The van der Waals surface area contributed by atoms with E-state index in [-0.39, 0.29) is 6.17 Å². The van der Waals surface area contributed by atoms with Crippen LogP contribution < -0.4 is 5.32 Å². The molecule has 212 valence electrons. The van der Waals surface area contributed by atoms with Crippen molar-refractivity contribution >= 4 is 55.2 Å². The van der Waals surface area contributed by atoms with Gasteiger partial charge in [-0.05, 0) is 62.5 Å². The predicted octanol–water partition coefficient (Wildman–Crippen LogP) is 10.1. The molecule has 4 heteroatoms. The summed E-state index contributed by atoms with van der Waals surface area (Å²) in [5, 5.41) is 10.7. The first kappa shape index (κ1) is 25.5. The Hall–Kier alpha value is -6.00. The molecule has 0 bridgehead atoms. The SMILES string of the molecule is c1ccc(C2N=C(c3ccc4c(ccc5ccccc54)c3)N=C(c3cccc(-c4cccc5oc6ccccc6c45)c3)N2)cc1. The molecule has 8 aromatic rings. The van der Waals surface area contributed by atoms with E-state index in [0.29, 0.717) is 5.84 Å². The number of furan rings is 1. The van der Waals surface area contributed by atoms with E-state index >= 15 is 0 Å². The molecule has 7 aromatic carbocycles. The Balaban J connectivity index is 1.17. The fourth-order valence-electron chi connectivity index (χ4n) is 6.53. The zero-order valence-corrected chi connectivity index (χ0v) is 24.3. The minimum atomic E-state index is -0.272. The number of nitrogens with zero attached hydrogens (tertiary/aromatic N) is 2. The molecule has 1 N–H and O–H groups in total. The molecule has 4 nitrogen and oxygen atoms in total. The van der Waals surface area contributed by atoms with Crippen LogP contribution in [0.5, 0.6) is 0 Å². The lowest BCUT2D eigenvalue weighted by atomic mass is 9.97. The topological polar surface area (TPSA) is 49.9 Å². The molecule has 0 spiro atoms. The van der Waals surface area contributed by atoms with E-state index in [4.69, 9.17) is 14.4 Å². The Morgan fingerprint density at radius 1 is 0.511 bits per heavy atom. The van der Waals surface area contributed by atoms with Gasteiger partial charge < -0.3 is 9.73 Å². The predicted molar refractivity (Wildman–Crippen MR) is 186 cm³/mol. The van der Waals surface area contributed by atoms with Gasteiger partial charge in [0.1, 0.15) is 23.2 Å². The summed E-state index contributed by atoms with van der Waals surface area (Å²) in [6.07, 6.45) is -0.272. The molecule has 45 heavy (non-hydrogen) atoms. The summed E-state index contributed by atoms with van der Waals surface area (Å²) in [6.45, 7) is 0. The third-order valence-corrected chi connectivity index (χ3v) is 8.71. The van der Waals surface area contributed by atoms with Gasteiger partial charge in [-0.1, -0.05) is 127 Å². The number of hydrogen-bond acceptors (Lipinski definition) is 4. The zero-order chi connectivity index (χ0) is 29.7. The minimum Gasteiger partial charge on any atom is -0.456 e. The summed E-state index contributed by atoms with van der Waals surface area (Å²) >= 11 is 0. The Morgan fingerprint density at radius 2 is 1.24 bits per heavy atom. The molecule has 2 heterocycles. The highest BCUT2D eigenvalue weighted by Crippen LogP contribution is 2.37. The van der Waals surface area contributed by atoms with E-state index in [1.165, 1.54) is 21.5 Å². The maximum Gasteiger partial charge on any atom is 0.159 e. The Labute approximate surface area is 260 Å². The molecular formula is C41H27N3O. The van der Waals surface area contributed by atoms with Crippen molar-refractivity contribution in [3.8, 4) is 11.1 Å². The van der Waals surface area contributed by atoms with E-state index in [2.05, 4.69) is 133 Å². The average Bonchev–Trinajstić information content (AvgIpc) is 3.51. The van der Waals surface area contributed by atoms with Crippen LogP contribution in [0.4, 0.5) is 0 Å². The smallest absolute Gasteiger partial charge is 0.159 e. The molecule has 0 saturated heterocycles. The second-order valence-electron chi connectivity index (χ2n) is 11.5. The van der Waals surface area contributed by atoms with Crippen molar-refractivity contribution in [2.75, 3.05) is 0 Å². The first-order chi connectivity index (χ1) is 22.3. The molecule has 1 unspecified atom stereocenters. The number of nitrogens with one attached hydrogen (secondary N) is 1. The highest BCUT2D eigenvalue weighted by Gasteiger charge is 2.22. The fraction of sp³-hybridized carbons (Fsp3) is 0.0244. The van der Waals surface area contributed by atoms with Gasteiger partial charge in [0.2, 0.25) is 0 Å². The van der Waals surface area contributed by atoms with Gasteiger partial charge in [-0.3, -0.25) is 0 Å². The molecular weight excluding hydrogens is 550 g/mol. The minimum absolute atomic E-state index is 0.272. The summed E-state index contributed by atoms with van der Waals surface area (Å²) < 4.78 is 6.19. The third-order valence-electron chi connectivity index (χ3n) is 8.71. The lowest BCUT2D eigenvalue weighted by molar-refractivity contribution is 0.669. The highest BCUT2D eigenvalue weighted by atomic mass is 16.3. The molecule has 1 aromatic heterocycles. The molecule has 1 atom stereocenters. The van der Waals surface area contributed by atoms with Crippen LogP contribution in [0.15, 0.2) is 166 Å². The average molecular weight is 578 g/mol. The van der Waals surface area contributed by atoms with Gasteiger partial charge in [0.05, 0.1) is 0 Å². The largest absolute Gasteiger partial charge is 0.456 e. The number of hydrogen-bond donors (Lipinski definition) is 1. The van der Waals surface area contributed by atoms with Crippen molar-refractivity contribution in [3.05, 3.63) is 168 Å². The van der Waals surface area contributed by atoms with E-state index in [1.54, 1.807) is 0 Å². The second kappa shape index (κ2) is 10.3. The Kier molecular flexibility index (Phi) is 5.85. The standard InChI is InChI=1S/C41H27N3O/c1-2-11-27(12-3-1)39-42-40(44-41(43-39)31-22-23-33-29(25-31)21-20-26-10-4-5-15-32(26)33)30-14-8-13-28(24-30)34-17-9-19-37-38(34)35-16-6-7-18-36(35)45-37/h1-25,39H,(H,42,43,44). The third kappa shape index (κ3) is 4.38. The summed E-state index contributed by atoms with van der Waals surface area (Å²) in [6, 6.07) is 52.8. The molecule has 1 aliphatic rings. The van der Waals surface area contributed by atoms with Crippen molar-refractivity contribution in [3.63, 3.8) is 0 Å². The van der Waals surface area contributed by atoms with Gasteiger partial charge in [0.15, 0.2) is 5.84 Å². The number of fused-ring (bicyclic) bond motifs is 6. The highest BCUT2D eigenvalue weighted by molar-refractivity contribution is 6.16. The van der Waals surface area contributed by atoms with Crippen molar-refractivity contribution in [1.29, 1.82) is 0 Å². The molecule has 0 radical (unpaired) electrons. The van der Waals surface area contributed by atoms with Gasteiger partial charge >= 0.3 is 0 Å². The van der Waals surface area contributed by atoms with Crippen molar-refractivity contribution < 1.29 is 4.42 Å². The van der Waals surface area contributed by atoms with Gasteiger partial charge in [-0.2, -0.15) is 0 Å². The van der Waals surface area contributed by atoms with Crippen LogP contribution in [0.2, 0.25) is 0 Å². The molecule has 0 amide bonds. The fourth-order valence-corrected chi connectivity index (χ4v) is 6.53. The quantitative estimate of drug-likeness (QED) is 0.212. The van der Waals surface area contributed by atoms with Gasteiger partial charge in [0, 0.05) is 21.9 Å². The summed E-state index contributed by atoms with van der Waals surface area (Å²) in [4.78, 5) is 10.3.